The molecular weight excluding hydrogens is 261 g/mol. The highest BCUT2D eigenvalue weighted by Crippen LogP contribution is 2.20. The fourth-order valence-electron chi connectivity index (χ4n) is 1.48. The molecule has 106 valence electrons. The van der Waals surface area contributed by atoms with E-state index in [-0.39, 0.29) is 11.4 Å². The zero-order valence-electron chi connectivity index (χ0n) is 10.6. The normalized spacial score (nSPS) is 11.3. The highest BCUT2D eigenvalue weighted by Gasteiger charge is 2.28. The highest BCUT2D eigenvalue weighted by molar-refractivity contribution is 5.94. The number of nitrogens with two attached hydrogens (primary N) is 1. The summed E-state index contributed by atoms with van der Waals surface area (Å²) >= 11 is 0. The Hall–Kier alpha value is -1.83. The minimum atomic E-state index is -4.29. The maximum absolute atomic E-state index is 12.1. The number of aryl methyl sites for hydroxylation is 1. The molecule has 0 spiro atoms. The summed E-state index contributed by atoms with van der Waals surface area (Å²) in [6.45, 7) is 1.27. The summed E-state index contributed by atoms with van der Waals surface area (Å²) in [6.07, 6.45) is -5.33. The average molecular weight is 276 g/mol. The first-order chi connectivity index (χ1) is 8.73. The van der Waals surface area contributed by atoms with Gasteiger partial charge in [-0.1, -0.05) is 0 Å². The van der Waals surface area contributed by atoms with Gasteiger partial charge < -0.3 is 10.3 Å². The molecular formula is C11H15F3N4O. The van der Waals surface area contributed by atoms with Crippen LogP contribution in [-0.2, 0) is 0 Å². The zero-order valence-corrected chi connectivity index (χ0v) is 10.6. The number of anilines is 1. The first kappa shape index (κ1) is 15.2. The molecule has 0 aliphatic heterocycles. The number of nitrogens with zero attached hydrogens (tertiary/aromatic N) is 2. The lowest BCUT2D eigenvalue weighted by Gasteiger charge is -2.18. The zero-order chi connectivity index (χ0) is 14.6. The van der Waals surface area contributed by atoms with E-state index in [2.05, 4.69) is 10.4 Å². The van der Waals surface area contributed by atoms with Gasteiger partial charge in [-0.25, -0.2) is 10.8 Å². The van der Waals surface area contributed by atoms with Crippen molar-refractivity contribution in [2.75, 3.05) is 19.0 Å². The Morgan fingerprint density at radius 2 is 2.11 bits per heavy atom. The van der Waals surface area contributed by atoms with Crippen molar-refractivity contribution < 1.29 is 18.0 Å². The highest BCUT2D eigenvalue weighted by atomic mass is 19.4. The molecule has 1 aromatic rings. The molecule has 0 bridgehead atoms. The standard InChI is InChI=1S/C11H15F3N4O/c1-7-5-8(6-9(16-7)17-15)10(19)18(2)4-3-11(12,13)14/h5-6H,3-4,15H2,1-2H3,(H,16,17). The van der Waals surface area contributed by atoms with Gasteiger partial charge in [-0.3, -0.25) is 4.79 Å². The number of carbonyl (C=O) groups excluding carboxylic acids is 1. The van der Waals surface area contributed by atoms with E-state index in [1.807, 2.05) is 0 Å². The van der Waals surface area contributed by atoms with Crippen molar-refractivity contribution in [2.45, 2.75) is 19.5 Å². The second kappa shape index (κ2) is 5.87. The first-order valence-corrected chi connectivity index (χ1v) is 5.50. The molecule has 0 radical (unpaired) electrons. The molecule has 5 nitrogen and oxygen atoms in total. The molecule has 0 aliphatic rings. The van der Waals surface area contributed by atoms with Crippen molar-refractivity contribution in [3.05, 3.63) is 23.4 Å². The van der Waals surface area contributed by atoms with Crippen molar-refractivity contribution in [3.63, 3.8) is 0 Å². The van der Waals surface area contributed by atoms with Gasteiger partial charge in [-0.05, 0) is 19.1 Å². The van der Waals surface area contributed by atoms with E-state index in [9.17, 15) is 18.0 Å². The third kappa shape index (κ3) is 4.74. The smallest absolute Gasteiger partial charge is 0.341 e. The van der Waals surface area contributed by atoms with Crippen LogP contribution in [0.3, 0.4) is 0 Å². The first-order valence-electron chi connectivity index (χ1n) is 5.50. The third-order valence-corrected chi connectivity index (χ3v) is 2.43. The van der Waals surface area contributed by atoms with Gasteiger partial charge in [0.1, 0.15) is 5.82 Å². The number of rotatable bonds is 4. The summed E-state index contributed by atoms with van der Waals surface area (Å²) < 4.78 is 36.3. The second-order valence-corrected chi connectivity index (χ2v) is 4.12. The van der Waals surface area contributed by atoms with Crippen LogP contribution < -0.4 is 11.3 Å². The Morgan fingerprint density at radius 3 is 2.63 bits per heavy atom. The van der Waals surface area contributed by atoms with Crippen LogP contribution in [-0.4, -0.2) is 35.6 Å². The summed E-state index contributed by atoms with van der Waals surface area (Å²) in [6, 6.07) is 2.88. The van der Waals surface area contributed by atoms with Crippen molar-refractivity contribution in [1.82, 2.24) is 9.88 Å². The quantitative estimate of drug-likeness (QED) is 0.648. The molecule has 8 heteroatoms. The van der Waals surface area contributed by atoms with Crippen molar-refractivity contribution in [3.8, 4) is 0 Å². The lowest BCUT2D eigenvalue weighted by Crippen LogP contribution is -2.30. The van der Waals surface area contributed by atoms with Gasteiger partial charge in [0.2, 0.25) is 0 Å². The van der Waals surface area contributed by atoms with Gasteiger partial charge in [0.15, 0.2) is 0 Å². The molecule has 0 fully saturated rings. The Balaban J connectivity index is 2.79. The molecule has 1 aromatic heterocycles. The van der Waals surface area contributed by atoms with Crippen LogP contribution in [0.25, 0.3) is 0 Å². The molecule has 1 heterocycles. The summed E-state index contributed by atoms with van der Waals surface area (Å²) in [5.74, 6) is 4.97. The Labute approximate surface area is 108 Å². The van der Waals surface area contributed by atoms with Gasteiger partial charge in [-0.15, -0.1) is 0 Å². The topological polar surface area (TPSA) is 71.2 Å². The van der Waals surface area contributed by atoms with E-state index in [1.165, 1.54) is 19.2 Å². The van der Waals surface area contributed by atoms with Crippen LogP contribution >= 0.6 is 0 Å². The van der Waals surface area contributed by atoms with Crippen LogP contribution in [0.15, 0.2) is 12.1 Å². The number of nitrogen functional groups attached to an aromatic ring is 1. The van der Waals surface area contributed by atoms with Crippen molar-refractivity contribution in [1.29, 1.82) is 0 Å². The number of alkyl halides is 3. The average Bonchev–Trinajstić information content (AvgIpc) is 2.33. The minimum Gasteiger partial charge on any atom is -0.341 e. The summed E-state index contributed by atoms with van der Waals surface area (Å²) in [7, 11) is 1.32. The van der Waals surface area contributed by atoms with E-state index in [0.29, 0.717) is 5.69 Å². The Kier molecular flexibility index (Phi) is 4.71. The summed E-state index contributed by atoms with van der Waals surface area (Å²) in [5.41, 5.74) is 3.08. The van der Waals surface area contributed by atoms with E-state index in [0.717, 1.165) is 4.90 Å². The molecule has 1 amide bonds. The largest absolute Gasteiger partial charge is 0.390 e. The van der Waals surface area contributed by atoms with E-state index < -0.39 is 25.0 Å². The van der Waals surface area contributed by atoms with Crippen LogP contribution in [0.2, 0.25) is 0 Å². The number of hydrazine groups is 1. The van der Waals surface area contributed by atoms with Gasteiger partial charge >= 0.3 is 6.18 Å². The molecule has 0 atom stereocenters. The van der Waals surface area contributed by atoms with Crippen LogP contribution in [0, 0.1) is 6.92 Å². The monoisotopic (exact) mass is 276 g/mol. The number of pyridine rings is 1. The Bertz CT molecular complexity index is 462. The summed E-state index contributed by atoms with van der Waals surface area (Å²) in [5, 5.41) is 0. The van der Waals surface area contributed by atoms with Crippen molar-refractivity contribution >= 4 is 11.7 Å². The van der Waals surface area contributed by atoms with Crippen LogP contribution in [0.1, 0.15) is 22.5 Å². The van der Waals surface area contributed by atoms with E-state index in [1.54, 1.807) is 6.92 Å². The molecule has 19 heavy (non-hydrogen) atoms. The predicted octanol–water partition coefficient (Wildman–Crippen LogP) is 1.70. The minimum absolute atomic E-state index is 0.241. The third-order valence-electron chi connectivity index (χ3n) is 2.43. The number of aromatic nitrogens is 1. The van der Waals surface area contributed by atoms with Crippen LogP contribution in [0.4, 0.5) is 19.0 Å². The molecule has 0 aliphatic carbocycles. The fraction of sp³-hybridized carbons (Fsp3) is 0.455. The summed E-state index contributed by atoms with van der Waals surface area (Å²) in [4.78, 5) is 17.0. The lowest BCUT2D eigenvalue weighted by molar-refractivity contribution is -0.136. The second-order valence-electron chi connectivity index (χ2n) is 4.12. The van der Waals surface area contributed by atoms with E-state index >= 15 is 0 Å². The van der Waals surface area contributed by atoms with Gasteiger partial charge in [0.05, 0.1) is 6.42 Å². The Morgan fingerprint density at radius 1 is 1.47 bits per heavy atom. The van der Waals surface area contributed by atoms with E-state index in [4.69, 9.17) is 5.84 Å². The number of hydrogen-bond acceptors (Lipinski definition) is 4. The molecule has 0 saturated carbocycles. The fourth-order valence-corrected chi connectivity index (χ4v) is 1.48. The molecule has 3 N–H and O–H groups in total. The van der Waals surface area contributed by atoms with Crippen molar-refractivity contribution in [2.24, 2.45) is 5.84 Å². The number of amides is 1. The molecule has 0 saturated heterocycles. The van der Waals surface area contributed by atoms with Crippen LogP contribution in [0.5, 0.6) is 0 Å². The lowest BCUT2D eigenvalue weighted by atomic mass is 10.2. The van der Waals surface area contributed by atoms with Gasteiger partial charge in [0.25, 0.3) is 5.91 Å². The van der Waals surface area contributed by atoms with Gasteiger partial charge in [0, 0.05) is 24.8 Å². The maximum atomic E-state index is 12.1. The molecule has 1 rings (SSSR count). The number of carbonyl (C=O) groups is 1. The number of nitrogens with one attached hydrogen (secondary N) is 1. The SMILES string of the molecule is Cc1cc(C(=O)N(C)CCC(F)(F)F)cc(NN)n1. The molecule has 0 aromatic carbocycles. The number of halogens is 3. The van der Waals surface area contributed by atoms with Gasteiger partial charge in [-0.2, -0.15) is 13.2 Å². The maximum Gasteiger partial charge on any atom is 0.390 e. The predicted molar refractivity (Wildman–Crippen MR) is 64.4 cm³/mol. The number of hydrogen-bond donors (Lipinski definition) is 2. The molecule has 0 unspecified atom stereocenters.